The van der Waals surface area contributed by atoms with Gasteiger partial charge in [-0.3, -0.25) is 4.79 Å². The molecule has 0 atom stereocenters. The van der Waals surface area contributed by atoms with Crippen LogP contribution in [0.5, 0.6) is 0 Å². The van der Waals surface area contributed by atoms with Gasteiger partial charge in [0.15, 0.2) is 0 Å². The summed E-state index contributed by atoms with van der Waals surface area (Å²) in [6.07, 6.45) is 4.22. The first-order valence-electron chi connectivity index (χ1n) is 10.1. The summed E-state index contributed by atoms with van der Waals surface area (Å²) in [5, 5.41) is 0.757. The Morgan fingerprint density at radius 1 is 1.19 bits per heavy atom. The predicted molar refractivity (Wildman–Crippen MR) is 115 cm³/mol. The Bertz CT molecular complexity index is 491. The monoisotopic (exact) mass is 382 g/mol. The molecule has 1 aliphatic heterocycles. The quantitative estimate of drug-likeness (QED) is 0.731. The molecule has 0 unspecified atom stereocenters. The molecular weight excluding hydrogens is 344 g/mol. The highest BCUT2D eigenvalue weighted by molar-refractivity contribution is 6.30. The number of rotatable bonds is 4. The zero-order valence-electron chi connectivity index (χ0n) is 17.6. The van der Waals surface area contributed by atoms with Gasteiger partial charge in [0.2, 0.25) is 5.91 Å². The lowest BCUT2D eigenvalue weighted by Crippen LogP contribution is -2.45. The molecule has 1 aromatic carbocycles. The Morgan fingerprint density at radius 2 is 1.65 bits per heavy atom. The maximum atomic E-state index is 11.4. The molecule has 4 heteroatoms. The van der Waals surface area contributed by atoms with E-state index in [1.54, 1.807) is 6.92 Å². The number of piperidine rings is 1. The van der Waals surface area contributed by atoms with E-state index in [-0.39, 0.29) is 11.3 Å². The van der Waals surface area contributed by atoms with Crippen molar-refractivity contribution in [1.29, 1.82) is 0 Å². The summed E-state index contributed by atoms with van der Waals surface area (Å²) >= 11 is 5.96. The molecule has 1 fully saturated rings. The third-order valence-electron chi connectivity index (χ3n) is 5.06. The predicted octanol–water partition coefficient (Wildman–Crippen LogP) is 5.65. The zero-order valence-corrected chi connectivity index (χ0v) is 18.4. The number of halogens is 1. The topological polar surface area (TPSA) is 46.3 Å². The number of nitrogens with two attached hydrogens (primary N) is 1. The van der Waals surface area contributed by atoms with Gasteiger partial charge >= 0.3 is 0 Å². The van der Waals surface area contributed by atoms with Crippen molar-refractivity contribution in [3.05, 3.63) is 34.9 Å². The number of nitrogens with zero attached hydrogens (tertiary/aromatic N) is 1. The number of hydrogen-bond acceptors (Lipinski definition) is 2. The van der Waals surface area contributed by atoms with Crippen LogP contribution in [0.15, 0.2) is 24.3 Å². The van der Waals surface area contributed by atoms with Crippen LogP contribution in [0.2, 0.25) is 5.02 Å². The van der Waals surface area contributed by atoms with Gasteiger partial charge in [-0.25, -0.2) is 0 Å². The Morgan fingerprint density at radius 3 is 2.00 bits per heavy atom. The number of benzene rings is 1. The zero-order chi connectivity index (χ0) is 20.2. The van der Waals surface area contributed by atoms with Gasteiger partial charge < -0.3 is 10.6 Å². The lowest BCUT2D eigenvalue weighted by Gasteiger charge is -2.42. The van der Waals surface area contributed by atoms with E-state index in [0.29, 0.717) is 6.54 Å². The minimum Gasteiger partial charge on any atom is -0.343 e. The fourth-order valence-electron chi connectivity index (χ4n) is 3.01. The summed E-state index contributed by atoms with van der Waals surface area (Å²) < 4.78 is 0. The van der Waals surface area contributed by atoms with Crippen LogP contribution in [0.3, 0.4) is 0 Å². The van der Waals surface area contributed by atoms with Crippen molar-refractivity contribution < 1.29 is 4.79 Å². The molecular formula is C22H39ClN2O. The molecule has 0 radical (unpaired) electrons. The maximum Gasteiger partial charge on any atom is 0.219 e. The van der Waals surface area contributed by atoms with Crippen LogP contribution in [-0.4, -0.2) is 30.4 Å². The number of likely N-dealkylation sites (tertiary alicyclic amines) is 1. The number of hydrogen-bond donors (Lipinski definition) is 1. The van der Waals surface area contributed by atoms with Gasteiger partial charge in [-0.2, -0.15) is 0 Å². The fraction of sp³-hybridized carbons (Fsp3) is 0.682. The molecule has 0 bridgehead atoms. The van der Waals surface area contributed by atoms with Crippen LogP contribution in [0.1, 0.15) is 72.8 Å². The van der Waals surface area contributed by atoms with E-state index in [4.69, 9.17) is 17.3 Å². The fourth-order valence-corrected chi connectivity index (χ4v) is 3.14. The Hall–Kier alpha value is -1.06. The lowest BCUT2D eigenvalue weighted by atomic mass is 9.70. The summed E-state index contributed by atoms with van der Waals surface area (Å²) in [7, 11) is 0. The van der Waals surface area contributed by atoms with Crippen molar-refractivity contribution in [2.24, 2.45) is 11.7 Å². The van der Waals surface area contributed by atoms with Crippen molar-refractivity contribution in [1.82, 2.24) is 4.90 Å². The molecule has 1 aliphatic rings. The first-order valence-corrected chi connectivity index (χ1v) is 10.4. The van der Waals surface area contributed by atoms with E-state index in [1.807, 2.05) is 30.9 Å². The minimum atomic E-state index is 0.102. The van der Waals surface area contributed by atoms with Crippen LogP contribution >= 0.6 is 11.6 Å². The Kier molecular flexibility index (Phi) is 12.6. The molecule has 1 aromatic rings. The highest BCUT2D eigenvalue weighted by Gasteiger charge is 2.36. The van der Waals surface area contributed by atoms with Crippen molar-refractivity contribution in [2.45, 2.75) is 72.6 Å². The SMILES string of the molecule is CC.CC(=O)N1CCC(CCN)(c2ccc(Cl)cc2)CC1.CCC(C)C. The smallest absolute Gasteiger partial charge is 0.219 e. The van der Waals surface area contributed by atoms with Crippen LogP contribution < -0.4 is 5.73 Å². The molecule has 2 rings (SSSR count). The molecule has 0 aromatic heterocycles. The van der Waals surface area contributed by atoms with Crippen LogP contribution in [0.4, 0.5) is 0 Å². The third-order valence-corrected chi connectivity index (χ3v) is 5.31. The van der Waals surface area contributed by atoms with E-state index >= 15 is 0 Å². The van der Waals surface area contributed by atoms with Gasteiger partial charge in [0.25, 0.3) is 0 Å². The summed E-state index contributed by atoms with van der Waals surface area (Å²) in [5.41, 5.74) is 7.20. The van der Waals surface area contributed by atoms with E-state index in [2.05, 4.69) is 32.9 Å². The first kappa shape index (κ1) is 24.9. The molecule has 1 saturated heterocycles. The Balaban J connectivity index is 0.000000772. The largest absolute Gasteiger partial charge is 0.343 e. The van der Waals surface area contributed by atoms with E-state index in [9.17, 15) is 4.79 Å². The summed E-state index contributed by atoms with van der Waals surface area (Å²) in [6.45, 7) is 14.6. The van der Waals surface area contributed by atoms with Gasteiger partial charge in [-0.1, -0.05) is 64.8 Å². The van der Waals surface area contributed by atoms with Crippen LogP contribution in [0.25, 0.3) is 0 Å². The molecule has 0 saturated carbocycles. The van der Waals surface area contributed by atoms with Crippen molar-refractivity contribution in [3.8, 4) is 0 Å². The highest BCUT2D eigenvalue weighted by Crippen LogP contribution is 2.38. The lowest BCUT2D eigenvalue weighted by molar-refractivity contribution is -0.130. The molecule has 1 heterocycles. The summed E-state index contributed by atoms with van der Waals surface area (Å²) in [6, 6.07) is 8.07. The van der Waals surface area contributed by atoms with Gasteiger partial charge in [-0.15, -0.1) is 0 Å². The highest BCUT2D eigenvalue weighted by atomic mass is 35.5. The molecule has 26 heavy (non-hydrogen) atoms. The first-order chi connectivity index (χ1) is 12.3. The van der Waals surface area contributed by atoms with Crippen LogP contribution in [0, 0.1) is 5.92 Å². The average Bonchev–Trinajstić information content (AvgIpc) is 2.65. The Labute approximate surface area is 166 Å². The summed E-state index contributed by atoms with van der Waals surface area (Å²) in [4.78, 5) is 13.4. The number of amides is 1. The molecule has 2 N–H and O–H groups in total. The number of carbonyl (C=O) groups excluding carboxylic acids is 1. The summed E-state index contributed by atoms with van der Waals surface area (Å²) in [5.74, 6) is 1.05. The second kappa shape index (κ2) is 13.2. The normalized spacial score (nSPS) is 15.5. The second-order valence-electron chi connectivity index (χ2n) is 7.13. The standard InChI is InChI=1S/C15H21ClN2O.C5H12.C2H6/c1-12(19)18-10-7-15(6-9-17,8-11-18)13-2-4-14(16)5-3-13;1-4-5(2)3;1-2/h2-5H,6-11,17H2,1H3;5H,4H2,1-3H3;1-2H3. The minimum absolute atomic E-state index is 0.102. The van der Waals surface area contributed by atoms with Gasteiger partial charge in [0.05, 0.1) is 0 Å². The van der Waals surface area contributed by atoms with Crippen molar-refractivity contribution in [3.63, 3.8) is 0 Å². The maximum absolute atomic E-state index is 11.4. The van der Waals surface area contributed by atoms with Gasteiger partial charge in [-0.05, 0) is 54.8 Å². The van der Waals surface area contributed by atoms with E-state index < -0.39 is 0 Å². The molecule has 0 aliphatic carbocycles. The third kappa shape index (κ3) is 8.09. The van der Waals surface area contributed by atoms with E-state index in [0.717, 1.165) is 43.3 Å². The molecule has 1 amide bonds. The number of carbonyl (C=O) groups is 1. The van der Waals surface area contributed by atoms with Gasteiger partial charge in [0, 0.05) is 25.0 Å². The second-order valence-corrected chi connectivity index (χ2v) is 7.57. The average molecular weight is 383 g/mol. The van der Waals surface area contributed by atoms with Gasteiger partial charge in [0.1, 0.15) is 0 Å². The molecule has 150 valence electrons. The van der Waals surface area contributed by atoms with Crippen molar-refractivity contribution >= 4 is 17.5 Å². The molecule has 3 nitrogen and oxygen atoms in total. The van der Waals surface area contributed by atoms with Crippen LogP contribution in [-0.2, 0) is 10.2 Å². The van der Waals surface area contributed by atoms with E-state index in [1.165, 1.54) is 12.0 Å². The molecule has 0 spiro atoms. The van der Waals surface area contributed by atoms with Crippen molar-refractivity contribution in [2.75, 3.05) is 19.6 Å².